The first-order chi connectivity index (χ1) is 13.7. The molecule has 1 fully saturated rings. The van der Waals surface area contributed by atoms with Gasteiger partial charge in [-0.2, -0.15) is 0 Å². The van der Waals surface area contributed by atoms with E-state index in [4.69, 9.17) is 14.2 Å². The number of fused-ring (bicyclic) bond motifs is 1. The quantitative estimate of drug-likeness (QED) is 0.785. The largest absolute Gasteiger partial charge is 0.454 e. The summed E-state index contributed by atoms with van der Waals surface area (Å²) in [5, 5.41) is 10.3. The van der Waals surface area contributed by atoms with Gasteiger partial charge < -0.3 is 24.2 Å². The lowest BCUT2D eigenvalue weighted by atomic mass is 10.2. The van der Waals surface area contributed by atoms with Gasteiger partial charge in [0.15, 0.2) is 11.5 Å². The molecular formula is C21H25FN2O4. The smallest absolute Gasteiger partial charge is 0.231 e. The van der Waals surface area contributed by atoms with E-state index in [1.54, 1.807) is 0 Å². The Morgan fingerprint density at radius 1 is 1.00 bits per heavy atom. The van der Waals surface area contributed by atoms with Crippen LogP contribution in [0.1, 0.15) is 5.56 Å². The third kappa shape index (κ3) is 4.73. The van der Waals surface area contributed by atoms with E-state index in [1.165, 1.54) is 12.1 Å². The van der Waals surface area contributed by atoms with Gasteiger partial charge in [-0.05, 0) is 42.0 Å². The van der Waals surface area contributed by atoms with Crippen LogP contribution in [-0.2, 0) is 11.3 Å². The summed E-state index contributed by atoms with van der Waals surface area (Å²) in [5.74, 6) is 1.27. The highest BCUT2D eigenvalue weighted by Gasteiger charge is 2.20. The Kier molecular flexibility index (Phi) is 5.95. The standard InChI is InChI=1S/C21H25FN2O4/c22-17-2-4-18(5-3-17)24-9-7-23(8-10-24)12-19(25)14-26-13-16-1-6-20-21(11-16)28-15-27-20/h1-6,11,19,25H,7-10,12-15H2/t19-/m0/s1. The van der Waals surface area contributed by atoms with Crippen molar-refractivity contribution in [2.75, 3.05) is 51.0 Å². The third-order valence-electron chi connectivity index (χ3n) is 5.05. The first-order valence-electron chi connectivity index (χ1n) is 9.54. The van der Waals surface area contributed by atoms with E-state index < -0.39 is 6.10 Å². The van der Waals surface area contributed by atoms with Crippen LogP contribution in [0.25, 0.3) is 0 Å². The molecule has 1 N–H and O–H groups in total. The summed E-state index contributed by atoms with van der Waals surface area (Å²) in [4.78, 5) is 4.47. The minimum Gasteiger partial charge on any atom is -0.454 e. The molecule has 0 bridgehead atoms. The van der Waals surface area contributed by atoms with Crippen molar-refractivity contribution in [1.82, 2.24) is 4.90 Å². The number of hydrogen-bond donors (Lipinski definition) is 1. The number of β-amino-alcohol motifs (C(OH)–C–C–N with tert-alkyl or cyclic N) is 1. The topological polar surface area (TPSA) is 54.4 Å². The molecule has 0 amide bonds. The Labute approximate surface area is 164 Å². The highest BCUT2D eigenvalue weighted by molar-refractivity contribution is 5.46. The fourth-order valence-electron chi connectivity index (χ4n) is 3.53. The van der Waals surface area contributed by atoms with Crippen molar-refractivity contribution in [2.24, 2.45) is 0 Å². The highest BCUT2D eigenvalue weighted by atomic mass is 19.1. The van der Waals surface area contributed by atoms with Crippen molar-refractivity contribution in [1.29, 1.82) is 0 Å². The fraction of sp³-hybridized carbons (Fsp3) is 0.429. The lowest BCUT2D eigenvalue weighted by Gasteiger charge is -2.36. The molecule has 7 heteroatoms. The van der Waals surface area contributed by atoms with Crippen molar-refractivity contribution in [3.8, 4) is 11.5 Å². The summed E-state index contributed by atoms with van der Waals surface area (Å²) in [6.45, 7) is 4.98. The van der Waals surface area contributed by atoms with Crippen LogP contribution in [0.3, 0.4) is 0 Å². The Morgan fingerprint density at radius 3 is 2.54 bits per heavy atom. The van der Waals surface area contributed by atoms with Crippen molar-refractivity contribution < 1.29 is 23.7 Å². The van der Waals surface area contributed by atoms with Gasteiger partial charge >= 0.3 is 0 Å². The van der Waals surface area contributed by atoms with Crippen LogP contribution in [0.2, 0.25) is 0 Å². The zero-order chi connectivity index (χ0) is 19.3. The van der Waals surface area contributed by atoms with Crippen molar-refractivity contribution in [2.45, 2.75) is 12.7 Å². The molecule has 0 unspecified atom stereocenters. The first-order valence-corrected chi connectivity index (χ1v) is 9.54. The maximum absolute atomic E-state index is 13.0. The van der Waals surface area contributed by atoms with Gasteiger partial charge in [0.25, 0.3) is 0 Å². The van der Waals surface area contributed by atoms with E-state index in [0.29, 0.717) is 13.2 Å². The Balaban J connectivity index is 1.16. The summed E-state index contributed by atoms with van der Waals surface area (Å²) in [6, 6.07) is 12.3. The van der Waals surface area contributed by atoms with Gasteiger partial charge in [-0.3, -0.25) is 4.90 Å². The summed E-state index contributed by atoms with van der Waals surface area (Å²) < 4.78 is 29.4. The highest BCUT2D eigenvalue weighted by Crippen LogP contribution is 2.32. The van der Waals surface area contributed by atoms with E-state index in [9.17, 15) is 9.50 Å². The number of ether oxygens (including phenoxy) is 3. The summed E-state index contributed by atoms with van der Waals surface area (Å²) in [6.07, 6.45) is -0.536. The van der Waals surface area contributed by atoms with E-state index in [-0.39, 0.29) is 19.2 Å². The van der Waals surface area contributed by atoms with Gasteiger partial charge in [-0.15, -0.1) is 0 Å². The Morgan fingerprint density at radius 2 is 1.75 bits per heavy atom. The van der Waals surface area contributed by atoms with E-state index in [0.717, 1.165) is 48.9 Å². The van der Waals surface area contributed by atoms with Gasteiger partial charge in [0, 0.05) is 38.4 Å². The minimum atomic E-state index is -0.536. The number of piperazine rings is 1. The molecule has 6 nitrogen and oxygen atoms in total. The first kappa shape index (κ1) is 19.0. The number of nitrogens with zero attached hydrogens (tertiary/aromatic N) is 2. The molecule has 2 heterocycles. The van der Waals surface area contributed by atoms with Crippen LogP contribution in [0, 0.1) is 5.82 Å². The minimum absolute atomic E-state index is 0.216. The van der Waals surface area contributed by atoms with Gasteiger partial charge in [0.05, 0.1) is 19.3 Å². The molecule has 2 aromatic rings. The van der Waals surface area contributed by atoms with E-state index >= 15 is 0 Å². The predicted octanol–water partition coefficient (Wildman–Crippen LogP) is 2.25. The number of anilines is 1. The number of benzene rings is 2. The van der Waals surface area contributed by atoms with Crippen molar-refractivity contribution in [3.05, 3.63) is 53.8 Å². The fourth-order valence-corrected chi connectivity index (χ4v) is 3.53. The molecule has 28 heavy (non-hydrogen) atoms. The third-order valence-corrected chi connectivity index (χ3v) is 5.05. The molecule has 0 spiro atoms. The molecule has 2 aliphatic heterocycles. The molecule has 2 aromatic carbocycles. The molecule has 0 saturated carbocycles. The molecular weight excluding hydrogens is 363 g/mol. The van der Waals surface area contributed by atoms with Crippen LogP contribution < -0.4 is 14.4 Å². The zero-order valence-corrected chi connectivity index (χ0v) is 15.7. The molecule has 0 aliphatic carbocycles. The second-order valence-corrected chi connectivity index (χ2v) is 7.12. The molecule has 4 rings (SSSR count). The summed E-state index contributed by atoms with van der Waals surface area (Å²) in [5.41, 5.74) is 2.03. The Bertz CT molecular complexity index is 778. The van der Waals surface area contributed by atoms with Crippen LogP contribution >= 0.6 is 0 Å². The SMILES string of the molecule is O[C@H](COCc1ccc2c(c1)OCO2)CN1CCN(c2ccc(F)cc2)CC1. The second kappa shape index (κ2) is 8.77. The van der Waals surface area contributed by atoms with Crippen LogP contribution in [0.15, 0.2) is 42.5 Å². The predicted molar refractivity (Wildman–Crippen MR) is 103 cm³/mol. The normalized spacial score (nSPS) is 17.7. The summed E-state index contributed by atoms with van der Waals surface area (Å²) in [7, 11) is 0. The zero-order valence-electron chi connectivity index (χ0n) is 15.7. The molecule has 0 aromatic heterocycles. The van der Waals surface area contributed by atoms with E-state index in [1.807, 2.05) is 30.3 Å². The van der Waals surface area contributed by atoms with Gasteiger partial charge in [0.1, 0.15) is 5.82 Å². The van der Waals surface area contributed by atoms with E-state index in [2.05, 4.69) is 9.80 Å². The average molecular weight is 388 g/mol. The number of aliphatic hydroxyl groups is 1. The number of halogens is 1. The maximum Gasteiger partial charge on any atom is 0.231 e. The Hall–Kier alpha value is -2.35. The van der Waals surface area contributed by atoms with Gasteiger partial charge in [-0.25, -0.2) is 4.39 Å². The lowest BCUT2D eigenvalue weighted by molar-refractivity contribution is 0.00911. The molecule has 1 atom stereocenters. The second-order valence-electron chi connectivity index (χ2n) is 7.12. The van der Waals surface area contributed by atoms with Crippen LogP contribution in [0.5, 0.6) is 11.5 Å². The number of hydrogen-bond acceptors (Lipinski definition) is 6. The van der Waals surface area contributed by atoms with Gasteiger partial charge in [-0.1, -0.05) is 6.07 Å². The van der Waals surface area contributed by atoms with Crippen LogP contribution in [-0.4, -0.2) is 62.2 Å². The van der Waals surface area contributed by atoms with Crippen LogP contribution in [0.4, 0.5) is 10.1 Å². The summed E-state index contributed by atoms with van der Waals surface area (Å²) >= 11 is 0. The molecule has 150 valence electrons. The van der Waals surface area contributed by atoms with Gasteiger partial charge in [0.2, 0.25) is 6.79 Å². The lowest BCUT2D eigenvalue weighted by Crippen LogP contribution is -2.49. The maximum atomic E-state index is 13.0. The molecule has 0 radical (unpaired) electrons. The molecule has 2 aliphatic rings. The molecule has 1 saturated heterocycles. The number of rotatable bonds is 7. The average Bonchev–Trinajstić information content (AvgIpc) is 3.17. The monoisotopic (exact) mass is 388 g/mol. The number of aliphatic hydroxyl groups excluding tert-OH is 1. The van der Waals surface area contributed by atoms with Crippen molar-refractivity contribution >= 4 is 5.69 Å². The van der Waals surface area contributed by atoms with Crippen molar-refractivity contribution in [3.63, 3.8) is 0 Å².